The van der Waals surface area contributed by atoms with Crippen LogP contribution in [0.4, 0.5) is 17.1 Å². The Morgan fingerprint density at radius 1 is 0.846 bits per heavy atom. The Morgan fingerprint density at radius 2 is 1.58 bits per heavy atom. The molecule has 3 aromatic rings. The van der Waals surface area contributed by atoms with Crippen LogP contribution >= 0.6 is 0 Å². The van der Waals surface area contributed by atoms with E-state index in [0.717, 1.165) is 22.6 Å². The molecular formula is C23H19N3. The minimum atomic E-state index is 0.546. The number of hydrogen-bond acceptors (Lipinski definition) is 3. The zero-order chi connectivity index (χ0) is 18.2. The number of para-hydroxylation sites is 1. The number of rotatable bonds is 4. The summed E-state index contributed by atoms with van der Waals surface area (Å²) >= 11 is 0. The van der Waals surface area contributed by atoms with Gasteiger partial charge in [0.25, 0.3) is 0 Å². The molecule has 3 aromatic carbocycles. The van der Waals surface area contributed by atoms with Crippen molar-refractivity contribution in [2.45, 2.75) is 0 Å². The van der Waals surface area contributed by atoms with Gasteiger partial charge in [0, 0.05) is 29.7 Å². The minimum absolute atomic E-state index is 0.546. The average Bonchev–Trinajstić information content (AvgIpc) is 2.72. The van der Waals surface area contributed by atoms with E-state index in [4.69, 9.17) is 5.26 Å². The van der Waals surface area contributed by atoms with E-state index < -0.39 is 0 Å². The van der Waals surface area contributed by atoms with E-state index in [0.29, 0.717) is 12.1 Å². The van der Waals surface area contributed by atoms with Gasteiger partial charge in [-0.15, -0.1) is 0 Å². The number of anilines is 3. The molecule has 0 heterocycles. The van der Waals surface area contributed by atoms with Gasteiger partial charge in [-0.1, -0.05) is 36.1 Å². The Labute approximate surface area is 154 Å². The van der Waals surface area contributed by atoms with Gasteiger partial charge in [0.15, 0.2) is 0 Å². The van der Waals surface area contributed by atoms with Gasteiger partial charge in [-0.2, -0.15) is 5.26 Å². The molecule has 0 aromatic heterocycles. The highest BCUT2D eigenvalue weighted by atomic mass is 15.1. The second kappa shape index (κ2) is 8.42. The third kappa shape index (κ3) is 4.44. The van der Waals surface area contributed by atoms with Gasteiger partial charge in [-0.25, -0.2) is 0 Å². The second-order valence-corrected chi connectivity index (χ2v) is 5.79. The molecule has 0 radical (unpaired) electrons. The van der Waals surface area contributed by atoms with Gasteiger partial charge in [0.2, 0.25) is 0 Å². The van der Waals surface area contributed by atoms with Crippen molar-refractivity contribution in [1.82, 2.24) is 0 Å². The van der Waals surface area contributed by atoms with E-state index in [1.807, 2.05) is 49.5 Å². The third-order valence-corrected chi connectivity index (χ3v) is 4.00. The summed E-state index contributed by atoms with van der Waals surface area (Å²) in [6.07, 6.45) is 0. The van der Waals surface area contributed by atoms with Crippen LogP contribution in [0.3, 0.4) is 0 Å². The van der Waals surface area contributed by atoms with E-state index in [1.54, 1.807) is 12.1 Å². The van der Waals surface area contributed by atoms with Gasteiger partial charge in [0.1, 0.15) is 0 Å². The first kappa shape index (κ1) is 17.1. The monoisotopic (exact) mass is 337 g/mol. The lowest BCUT2D eigenvalue weighted by atomic mass is 10.2. The first-order chi connectivity index (χ1) is 12.8. The van der Waals surface area contributed by atoms with E-state index >= 15 is 0 Å². The maximum Gasteiger partial charge on any atom is 0.0991 e. The van der Waals surface area contributed by atoms with Crippen molar-refractivity contribution in [2.24, 2.45) is 0 Å². The van der Waals surface area contributed by atoms with E-state index in [9.17, 15) is 0 Å². The van der Waals surface area contributed by atoms with Gasteiger partial charge in [0.05, 0.1) is 18.2 Å². The Bertz CT molecular complexity index is 958. The molecule has 0 aliphatic carbocycles. The molecule has 0 fully saturated rings. The fourth-order valence-electron chi connectivity index (χ4n) is 2.55. The summed E-state index contributed by atoms with van der Waals surface area (Å²) in [7, 11) is 2.05. The number of hydrogen-bond donors (Lipinski definition) is 1. The molecule has 0 atom stereocenters. The molecule has 126 valence electrons. The summed E-state index contributed by atoms with van der Waals surface area (Å²) in [6.45, 7) is 0.546. The molecule has 0 bridgehead atoms. The highest BCUT2D eigenvalue weighted by molar-refractivity contribution is 5.64. The maximum absolute atomic E-state index is 8.81. The summed E-state index contributed by atoms with van der Waals surface area (Å²) in [5.74, 6) is 6.33. The molecule has 0 spiro atoms. The molecule has 3 rings (SSSR count). The summed E-state index contributed by atoms with van der Waals surface area (Å²) in [5.41, 5.74) is 4.83. The van der Waals surface area contributed by atoms with Gasteiger partial charge in [-0.05, 0) is 54.6 Å². The lowest BCUT2D eigenvalue weighted by Gasteiger charge is -2.19. The highest BCUT2D eigenvalue weighted by Crippen LogP contribution is 2.23. The summed E-state index contributed by atoms with van der Waals surface area (Å²) in [4.78, 5) is 2.14. The van der Waals surface area contributed by atoms with Crippen LogP contribution in [0, 0.1) is 23.2 Å². The third-order valence-electron chi connectivity index (χ3n) is 4.00. The van der Waals surface area contributed by atoms with Crippen LogP contribution in [0.1, 0.15) is 11.1 Å². The standard InChI is InChI=1S/C23H19N3/c1-26(22-9-3-2-4-10-22)23-11-5-7-19(17-23)8-6-16-25-21-14-12-20(18-24)13-15-21/h2-5,7,9-15,17,25H,16H2,1H3. The van der Waals surface area contributed by atoms with Crippen LogP contribution in [0.15, 0.2) is 78.9 Å². The fraction of sp³-hybridized carbons (Fsp3) is 0.0870. The Hall–Kier alpha value is -3.69. The maximum atomic E-state index is 8.81. The van der Waals surface area contributed by atoms with E-state index in [1.165, 1.54) is 0 Å². The average molecular weight is 337 g/mol. The Balaban J connectivity index is 1.64. The lowest BCUT2D eigenvalue weighted by molar-refractivity contribution is 1.21. The molecule has 0 aliphatic rings. The predicted molar refractivity (Wildman–Crippen MR) is 107 cm³/mol. The van der Waals surface area contributed by atoms with Gasteiger partial charge >= 0.3 is 0 Å². The molecule has 3 nitrogen and oxygen atoms in total. The largest absolute Gasteiger partial charge is 0.374 e. The topological polar surface area (TPSA) is 39.1 Å². The van der Waals surface area contributed by atoms with Crippen LogP contribution < -0.4 is 10.2 Å². The molecule has 0 unspecified atom stereocenters. The molecule has 3 heteroatoms. The van der Waals surface area contributed by atoms with Crippen molar-refractivity contribution in [1.29, 1.82) is 5.26 Å². The van der Waals surface area contributed by atoms with Crippen LogP contribution in [0.5, 0.6) is 0 Å². The van der Waals surface area contributed by atoms with Crippen molar-refractivity contribution >= 4 is 17.1 Å². The van der Waals surface area contributed by atoms with Crippen LogP contribution in [0.2, 0.25) is 0 Å². The zero-order valence-corrected chi connectivity index (χ0v) is 14.6. The predicted octanol–water partition coefficient (Wildman–Crippen LogP) is 4.79. The quantitative estimate of drug-likeness (QED) is 0.696. The summed E-state index contributed by atoms with van der Waals surface area (Å²) in [6, 6.07) is 27.9. The lowest BCUT2D eigenvalue weighted by Crippen LogP contribution is -2.09. The Kier molecular flexibility index (Phi) is 5.55. The zero-order valence-electron chi connectivity index (χ0n) is 14.6. The van der Waals surface area contributed by atoms with Gasteiger partial charge in [-0.3, -0.25) is 0 Å². The highest BCUT2D eigenvalue weighted by Gasteiger charge is 2.03. The first-order valence-corrected chi connectivity index (χ1v) is 8.38. The molecular weight excluding hydrogens is 318 g/mol. The smallest absolute Gasteiger partial charge is 0.0991 e. The molecule has 0 saturated carbocycles. The number of nitrogens with one attached hydrogen (secondary N) is 1. The summed E-state index contributed by atoms with van der Waals surface area (Å²) < 4.78 is 0. The van der Waals surface area contributed by atoms with E-state index in [2.05, 4.69) is 52.4 Å². The van der Waals surface area contributed by atoms with E-state index in [-0.39, 0.29) is 0 Å². The molecule has 0 saturated heterocycles. The van der Waals surface area contributed by atoms with Crippen molar-refractivity contribution in [2.75, 3.05) is 23.8 Å². The molecule has 0 aliphatic heterocycles. The van der Waals surface area contributed by atoms with Crippen molar-refractivity contribution in [3.63, 3.8) is 0 Å². The number of nitrogens with zero attached hydrogens (tertiary/aromatic N) is 2. The summed E-state index contributed by atoms with van der Waals surface area (Å²) in [5, 5.41) is 12.0. The second-order valence-electron chi connectivity index (χ2n) is 5.79. The first-order valence-electron chi connectivity index (χ1n) is 8.38. The van der Waals surface area contributed by atoms with Gasteiger partial charge < -0.3 is 10.2 Å². The SMILES string of the molecule is CN(c1ccccc1)c1cccc(C#CCNc2ccc(C#N)cc2)c1. The van der Waals surface area contributed by atoms with Crippen LogP contribution in [-0.4, -0.2) is 13.6 Å². The normalized spacial score (nSPS) is 9.54. The molecule has 1 N–H and O–H groups in total. The number of nitriles is 1. The molecule has 26 heavy (non-hydrogen) atoms. The van der Waals surface area contributed by atoms with Crippen molar-refractivity contribution in [3.05, 3.63) is 90.0 Å². The number of benzene rings is 3. The minimum Gasteiger partial charge on any atom is -0.374 e. The van der Waals surface area contributed by atoms with Crippen LogP contribution in [0.25, 0.3) is 0 Å². The molecule has 0 amide bonds. The van der Waals surface area contributed by atoms with Crippen molar-refractivity contribution < 1.29 is 0 Å². The van der Waals surface area contributed by atoms with Crippen LogP contribution in [-0.2, 0) is 0 Å². The fourth-order valence-corrected chi connectivity index (χ4v) is 2.55. The Morgan fingerprint density at radius 3 is 2.31 bits per heavy atom. The van der Waals surface area contributed by atoms with Crippen molar-refractivity contribution in [3.8, 4) is 17.9 Å².